The molecule has 9 heteroatoms. The van der Waals surface area contributed by atoms with Crippen LogP contribution in [0.15, 0.2) is 91.0 Å². The number of rotatable bonds is 8. The van der Waals surface area contributed by atoms with Crippen molar-refractivity contribution in [1.29, 1.82) is 0 Å². The van der Waals surface area contributed by atoms with E-state index in [4.69, 9.17) is 0 Å². The van der Waals surface area contributed by atoms with E-state index in [0.29, 0.717) is 46.6 Å². The molecular weight excluding hydrogens is 507 g/mol. The lowest BCUT2D eigenvalue weighted by molar-refractivity contribution is -0.137. The van der Waals surface area contributed by atoms with Crippen LogP contribution in [0.3, 0.4) is 0 Å². The van der Waals surface area contributed by atoms with Gasteiger partial charge in [-0.15, -0.1) is 0 Å². The Morgan fingerprint density at radius 1 is 0.872 bits per heavy atom. The van der Waals surface area contributed by atoms with Gasteiger partial charge < -0.3 is 15.7 Å². The molecule has 1 unspecified atom stereocenters. The molecule has 0 aliphatic rings. The summed E-state index contributed by atoms with van der Waals surface area (Å²) >= 11 is 0. The molecule has 3 N–H and O–H groups in total. The lowest BCUT2D eigenvalue weighted by Gasteiger charge is -2.14. The van der Waals surface area contributed by atoms with E-state index in [-0.39, 0.29) is 5.91 Å². The van der Waals surface area contributed by atoms with Crippen molar-refractivity contribution < 1.29 is 27.9 Å². The van der Waals surface area contributed by atoms with Crippen LogP contribution in [0.5, 0.6) is 0 Å². The van der Waals surface area contributed by atoms with Gasteiger partial charge in [-0.05, 0) is 72.0 Å². The molecule has 200 valence electrons. The first-order valence-electron chi connectivity index (χ1n) is 12.2. The maximum absolute atomic E-state index is 13.0. The monoisotopic (exact) mass is 533 g/mol. The molecule has 3 aromatic carbocycles. The van der Waals surface area contributed by atoms with Crippen LogP contribution >= 0.6 is 0 Å². The number of benzene rings is 3. The zero-order valence-corrected chi connectivity index (χ0v) is 21.0. The van der Waals surface area contributed by atoms with E-state index < -0.39 is 23.8 Å². The van der Waals surface area contributed by atoms with Gasteiger partial charge in [0.15, 0.2) is 0 Å². The van der Waals surface area contributed by atoms with Crippen LogP contribution in [-0.4, -0.2) is 21.9 Å². The Morgan fingerprint density at radius 2 is 1.56 bits per heavy atom. The molecule has 4 rings (SSSR count). The first-order valence-corrected chi connectivity index (χ1v) is 12.2. The molecule has 0 aliphatic carbocycles. The van der Waals surface area contributed by atoms with E-state index in [1.165, 1.54) is 19.1 Å². The molecule has 0 fully saturated rings. The van der Waals surface area contributed by atoms with Gasteiger partial charge in [-0.25, -0.2) is 4.98 Å². The number of carbonyl (C=O) groups is 2. The molecule has 0 spiro atoms. The number of hydrogen-bond acceptors (Lipinski definition) is 4. The number of amides is 2. The number of aliphatic hydroxyl groups excluding tert-OH is 1. The number of aromatic nitrogens is 1. The SMILES string of the molecule is CC(=O)Nc1cccc(CCC(O)c2ccc(NC(=O)c3ccccc3-c3ccc(C(F)(F)F)cc3)cc2)n1. The van der Waals surface area contributed by atoms with Gasteiger partial charge in [-0.3, -0.25) is 9.59 Å². The lowest BCUT2D eigenvalue weighted by atomic mass is 9.98. The second-order valence-electron chi connectivity index (χ2n) is 8.95. The van der Waals surface area contributed by atoms with E-state index >= 15 is 0 Å². The third-order valence-electron chi connectivity index (χ3n) is 6.03. The minimum absolute atomic E-state index is 0.213. The Bertz CT molecular complexity index is 1450. The molecule has 0 bridgehead atoms. The van der Waals surface area contributed by atoms with Gasteiger partial charge in [0.2, 0.25) is 5.91 Å². The summed E-state index contributed by atoms with van der Waals surface area (Å²) in [4.78, 5) is 28.6. The highest BCUT2D eigenvalue weighted by atomic mass is 19.4. The number of pyridine rings is 1. The van der Waals surface area contributed by atoms with Crippen LogP contribution in [0.2, 0.25) is 0 Å². The van der Waals surface area contributed by atoms with E-state index in [9.17, 15) is 27.9 Å². The molecule has 1 heterocycles. The molecular formula is C30H26F3N3O3. The Morgan fingerprint density at radius 3 is 2.23 bits per heavy atom. The Hall–Kier alpha value is -4.50. The van der Waals surface area contributed by atoms with E-state index in [1.54, 1.807) is 60.7 Å². The summed E-state index contributed by atoms with van der Waals surface area (Å²) in [6.45, 7) is 1.41. The second-order valence-corrected chi connectivity index (χ2v) is 8.95. The Balaban J connectivity index is 1.40. The number of halogens is 3. The third-order valence-corrected chi connectivity index (χ3v) is 6.03. The summed E-state index contributed by atoms with van der Waals surface area (Å²) in [6.07, 6.45) is -4.30. The van der Waals surface area contributed by atoms with Crippen molar-refractivity contribution in [2.45, 2.75) is 32.0 Å². The van der Waals surface area contributed by atoms with Crippen molar-refractivity contribution in [2.75, 3.05) is 10.6 Å². The van der Waals surface area contributed by atoms with Crippen molar-refractivity contribution in [3.8, 4) is 11.1 Å². The number of alkyl halides is 3. The van der Waals surface area contributed by atoms with Gasteiger partial charge in [0, 0.05) is 23.9 Å². The summed E-state index contributed by atoms with van der Waals surface area (Å²) in [5.41, 5.74) is 2.45. The second kappa shape index (κ2) is 11.9. The van der Waals surface area contributed by atoms with E-state index in [1.807, 2.05) is 6.07 Å². The summed E-state index contributed by atoms with van der Waals surface area (Å²) in [5, 5.41) is 16.1. The van der Waals surface area contributed by atoms with Gasteiger partial charge in [0.1, 0.15) is 5.82 Å². The Kier molecular flexibility index (Phi) is 8.41. The summed E-state index contributed by atoms with van der Waals surface area (Å²) in [7, 11) is 0. The highest BCUT2D eigenvalue weighted by Crippen LogP contribution is 2.32. The van der Waals surface area contributed by atoms with Gasteiger partial charge in [0.05, 0.1) is 11.7 Å². The fourth-order valence-corrected chi connectivity index (χ4v) is 4.08. The average Bonchev–Trinajstić information content (AvgIpc) is 2.91. The highest BCUT2D eigenvalue weighted by molar-refractivity contribution is 6.08. The molecule has 0 saturated heterocycles. The molecule has 4 aromatic rings. The fraction of sp³-hybridized carbons (Fsp3) is 0.167. The normalized spacial score (nSPS) is 12.0. The average molecular weight is 534 g/mol. The largest absolute Gasteiger partial charge is 0.416 e. The minimum Gasteiger partial charge on any atom is -0.388 e. The molecule has 0 saturated carbocycles. The summed E-state index contributed by atoms with van der Waals surface area (Å²) in [5.74, 6) is -0.173. The van der Waals surface area contributed by atoms with Crippen molar-refractivity contribution in [3.63, 3.8) is 0 Å². The fourth-order valence-electron chi connectivity index (χ4n) is 4.08. The van der Waals surface area contributed by atoms with Crippen molar-refractivity contribution in [3.05, 3.63) is 113 Å². The molecule has 2 amide bonds. The zero-order chi connectivity index (χ0) is 28.0. The predicted molar refractivity (Wildman–Crippen MR) is 143 cm³/mol. The number of hydrogen-bond donors (Lipinski definition) is 3. The summed E-state index contributed by atoms with van der Waals surface area (Å²) < 4.78 is 38.8. The van der Waals surface area contributed by atoms with Gasteiger partial charge in [-0.2, -0.15) is 13.2 Å². The number of anilines is 2. The van der Waals surface area contributed by atoms with Crippen molar-refractivity contribution in [2.24, 2.45) is 0 Å². The third kappa shape index (κ3) is 7.30. The van der Waals surface area contributed by atoms with Crippen LogP contribution in [0.4, 0.5) is 24.7 Å². The number of nitrogens with zero attached hydrogens (tertiary/aromatic N) is 1. The van der Waals surface area contributed by atoms with Crippen LogP contribution in [0.1, 0.15) is 46.6 Å². The lowest BCUT2D eigenvalue weighted by Crippen LogP contribution is -2.13. The van der Waals surface area contributed by atoms with Gasteiger partial charge >= 0.3 is 6.18 Å². The van der Waals surface area contributed by atoms with Crippen molar-refractivity contribution in [1.82, 2.24) is 4.98 Å². The molecule has 39 heavy (non-hydrogen) atoms. The summed E-state index contributed by atoms with van der Waals surface area (Å²) in [6, 6.07) is 23.4. The molecule has 1 aromatic heterocycles. The smallest absolute Gasteiger partial charge is 0.388 e. The first kappa shape index (κ1) is 27.5. The maximum atomic E-state index is 13.0. The van der Waals surface area contributed by atoms with Crippen molar-refractivity contribution >= 4 is 23.3 Å². The standard InChI is InChI=1S/C30H26F3N3O3/c1-19(37)34-28-8-4-5-23(35-28)17-18-27(38)21-11-15-24(16-12-21)36-29(39)26-7-3-2-6-25(26)20-9-13-22(14-10-20)30(31,32)33/h2-16,27,38H,17-18H2,1H3,(H,36,39)(H,34,35,37). The van der Waals surface area contributed by atoms with Crippen LogP contribution in [-0.2, 0) is 17.4 Å². The first-order chi connectivity index (χ1) is 18.6. The number of aliphatic hydroxyl groups is 1. The highest BCUT2D eigenvalue weighted by Gasteiger charge is 2.30. The molecule has 1 atom stereocenters. The quantitative estimate of drug-likeness (QED) is 0.237. The number of carbonyl (C=O) groups excluding carboxylic acids is 2. The Labute approximate surface area is 223 Å². The zero-order valence-electron chi connectivity index (χ0n) is 21.0. The number of aryl methyl sites for hydroxylation is 1. The molecule has 0 radical (unpaired) electrons. The maximum Gasteiger partial charge on any atom is 0.416 e. The van der Waals surface area contributed by atoms with Gasteiger partial charge in [0.25, 0.3) is 5.91 Å². The van der Waals surface area contributed by atoms with E-state index in [0.717, 1.165) is 17.8 Å². The molecule has 0 aliphatic heterocycles. The van der Waals surface area contributed by atoms with E-state index in [2.05, 4.69) is 15.6 Å². The van der Waals surface area contributed by atoms with Gasteiger partial charge in [-0.1, -0.05) is 48.5 Å². The molecule has 6 nitrogen and oxygen atoms in total. The number of nitrogens with one attached hydrogen (secondary N) is 2. The van der Waals surface area contributed by atoms with Crippen LogP contribution in [0, 0.1) is 0 Å². The van der Waals surface area contributed by atoms with Crippen LogP contribution < -0.4 is 10.6 Å². The minimum atomic E-state index is -4.44. The predicted octanol–water partition coefficient (Wildman–Crippen LogP) is 6.64. The topological polar surface area (TPSA) is 91.3 Å². The van der Waals surface area contributed by atoms with Crippen LogP contribution in [0.25, 0.3) is 11.1 Å².